The van der Waals surface area contributed by atoms with Gasteiger partial charge in [0.2, 0.25) is 23.8 Å². The van der Waals surface area contributed by atoms with Crippen LogP contribution in [-0.2, 0) is 6.54 Å². The summed E-state index contributed by atoms with van der Waals surface area (Å²) in [5.41, 5.74) is 5.83. The first kappa shape index (κ1) is 28.4. The molecule has 11 heteroatoms. The van der Waals surface area contributed by atoms with E-state index in [1.54, 1.807) is 0 Å². The molecule has 0 radical (unpaired) electrons. The number of nitrogens with zero attached hydrogens (tertiary/aromatic N) is 5. The summed E-state index contributed by atoms with van der Waals surface area (Å²) in [5, 5.41) is 10.3. The summed E-state index contributed by atoms with van der Waals surface area (Å²) in [6.45, 7) is 8.27. The number of hydrogen-bond donors (Lipinski definition) is 3. The molecular formula is C32H34N8O2S. The number of guanidine groups is 1. The first-order valence-electron chi connectivity index (χ1n) is 14.2. The fourth-order valence-electron chi connectivity index (χ4n) is 5.05. The number of rotatable bonds is 6. The van der Waals surface area contributed by atoms with Crippen LogP contribution in [-0.4, -0.2) is 63.8 Å². The molecule has 3 heterocycles. The number of ether oxygens (including phenoxy) is 2. The van der Waals surface area contributed by atoms with Gasteiger partial charge < -0.3 is 25.0 Å². The third kappa shape index (κ3) is 7.56. The van der Waals surface area contributed by atoms with Crippen molar-refractivity contribution in [1.82, 2.24) is 19.8 Å². The molecule has 2 aliphatic rings. The van der Waals surface area contributed by atoms with Crippen LogP contribution in [0.3, 0.4) is 0 Å². The Labute approximate surface area is 256 Å². The van der Waals surface area contributed by atoms with Gasteiger partial charge in [0.25, 0.3) is 0 Å². The fraction of sp³-hybridized carbons (Fsp3) is 0.250. The quantitative estimate of drug-likeness (QED) is 0.150. The number of benzene rings is 3. The second kappa shape index (κ2) is 13.1. The van der Waals surface area contributed by atoms with Crippen LogP contribution in [0.25, 0.3) is 0 Å². The van der Waals surface area contributed by atoms with Crippen molar-refractivity contribution in [2.75, 3.05) is 48.9 Å². The zero-order chi connectivity index (χ0) is 29.6. The first-order valence-corrected chi connectivity index (χ1v) is 14.6. The van der Waals surface area contributed by atoms with E-state index < -0.39 is 0 Å². The molecule has 1 aromatic heterocycles. The summed E-state index contributed by atoms with van der Waals surface area (Å²) in [4.78, 5) is 18.5. The number of thiocarbonyl (C=S) groups is 1. The topological polar surface area (TPSA) is 99.2 Å². The van der Waals surface area contributed by atoms with E-state index in [1.165, 1.54) is 5.56 Å². The van der Waals surface area contributed by atoms with Crippen LogP contribution >= 0.6 is 12.2 Å². The van der Waals surface area contributed by atoms with Crippen LogP contribution < -0.4 is 25.4 Å². The SMILES string of the molecule is Cc1cc(C)nc(N/C(=N/C(=S)Nc2ccc(Nc3ccccc3)cc2)N2CCN(Cc3ccc4c(c3)OCO4)CC2)n1. The summed E-state index contributed by atoms with van der Waals surface area (Å²) < 4.78 is 11.0. The predicted molar refractivity (Wildman–Crippen MR) is 174 cm³/mol. The van der Waals surface area contributed by atoms with Crippen molar-refractivity contribution in [1.29, 1.82) is 0 Å². The highest BCUT2D eigenvalue weighted by Crippen LogP contribution is 2.33. The van der Waals surface area contributed by atoms with Crippen molar-refractivity contribution < 1.29 is 9.47 Å². The van der Waals surface area contributed by atoms with Gasteiger partial charge in [-0.2, -0.15) is 4.99 Å². The molecule has 4 aromatic rings. The van der Waals surface area contributed by atoms with Crippen LogP contribution in [0.1, 0.15) is 17.0 Å². The molecule has 6 rings (SSSR count). The maximum Gasteiger partial charge on any atom is 0.231 e. The number of aliphatic imine (C=N–C) groups is 1. The number of piperazine rings is 1. The Morgan fingerprint density at radius 1 is 0.791 bits per heavy atom. The van der Waals surface area contributed by atoms with E-state index in [1.807, 2.05) is 80.6 Å². The van der Waals surface area contributed by atoms with Gasteiger partial charge in [0, 0.05) is 61.2 Å². The molecule has 0 bridgehead atoms. The third-order valence-electron chi connectivity index (χ3n) is 7.13. The Hall–Kier alpha value is -4.74. The second-order valence-corrected chi connectivity index (χ2v) is 10.9. The molecule has 0 saturated carbocycles. The molecule has 1 saturated heterocycles. The van der Waals surface area contributed by atoms with Crippen LogP contribution in [0, 0.1) is 13.8 Å². The number of aryl methyl sites for hydroxylation is 2. The van der Waals surface area contributed by atoms with Crippen LogP contribution in [0.2, 0.25) is 0 Å². The minimum atomic E-state index is 0.282. The number of anilines is 4. The Bertz CT molecular complexity index is 1590. The van der Waals surface area contributed by atoms with Crippen molar-refractivity contribution in [3.8, 4) is 11.5 Å². The lowest BCUT2D eigenvalue weighted by Crippen LogP contribution is -2.50. The van der Waals surface area contributed by atoms with Gasteiger partial charge in [-0.05, 0) is 86.2 Å². The van der Waals surface area contributed by atoms with Gasteiger partial charge in [0.05, 0.1) is 0 Å². The number of fused-ring (bicyclic) bond motifs is 1. The molecule has 0 aliphatic carbocycles. The molecule has 3 N–H and O–H groups in total. The van der Waals surface area contributed by atoms with E-state index in [4.69, 9.17) is 26.7 Å². The lowest BCUT2D eigenvalue weighted by Gasteiger charge is -2.36. The lowest BCUT2D eigenvalue weighted by molar-refractivity contribution is 0.172. The van der Waals surface area contributed by atoms with E-state index in [2.05, 4.69) is 47.9 Å². The van der Waals surface area contributed by atoms with Gasteiger partial charge >= 0.3 is 0 Å². The minimum absolute atomic E-state index is 0.282. The maximum atomic E-state index is 5.68. The Balaban J connectivity index is 1.12. The van der Waals surface area contributed by atoms with E-state index in [-0.39, 0.29) is 6.79 Å². The van der Waals surface area contributed by atoms with Crippen molar-refractivity contribution in [3.05, 3.63) is 95.8 Å². The monoisotopic (exact) mass is 594 g/mol. The Morgan fingerprint density at radius 2 is 1.47 bits per heavy atom. The van der Waals surface area contributed by atoms with E-state index >= 15 is 0 Å². The second-order valence-electron chi connectivity index (χ2n) is 10.5. The van der Waals surface area contributed by atoms with Crippen molar-refractivity contribution in [2.24, 2.45) is 4.99 Å². The smallest absolute Gasteiger partial charge is 0.231 e. The molecule has 10 nitrogen and oxygen atoms in total. The number of hydrogen-bond acceptors (Lipinski definition) is 7. The average Bonchev–Trinajstić information content (AvgIpc) is 3.46. The normalized spacial score (nSPS) is 14.8. The summed E-state index contributed by atoms with van der Waals surface area (Å²) >= 11 is 5.68. The molecule has 220 valence electrons. The lowest BCUT2D eigenvalue weighted by atomic mass is 10.1. The molecule has 1 fully saturated rings. The van der Waals surface area contributed by atoms with Crippen molar-refractivity contribution in [2.45, 2.75) is 20.4 Å². The highest BCUT2D eigenvalue weighted by molar-refractivity contribution is 7.80. The predicted octanol–water partition coefficient (Wildman–Crippen LogP) is 5.55. The molecule has 0 spiro atoms. The minimum Gasteiger partial charge on any atom is -0.454 e. The third-order valence-corrected chi connectivity index (χ3v) is 7.32. The zero-order valence-electron chi connectivity index (χ0n) is 24.2. The van der Waals surface area contributed by atoms with Crippen LogP contribution in [0.4, 0.5) is 23.0 Å². The highest BCUT2D eigenvalue weighted by atomic mass is 32.1. The molecule has 0 amide bonds. The fourth-order valence-corrected chi connectivity index (χ4v) is 5.25. The summed E-state index contributed by atoms with van der Waals surface area (Å²) in [6.07, 6.45) is 0. The number of aromatic nitrogens is 2. The van der Waals surface area contributed by atoms with Crippen molar-refractivity contribution >= 4 is 46.3 Å². The van der Waals surface area contributed by atoms with Gasteiger partial charge in [0.1, 0.15) is 0 Å². The van der Waals surface area contributed by atoms with Crippen LogP contribution in [0.5, 0.6) is 11.5 Å². The molecule has 3 aromatic carbocycles. The number of para-hydroxylation sites is 1. The first-order chi connectivity index (χ1) is 21.0. The zero-order valence-corrected chi connectivity index (χ0v) is 25.0. The van der Waals surface area contributed by atoms with Gasteiger partial charge in [-0.25, -0.2) is 9.97 Å². The largest absolute Gasteiger partial charge is 0.454 e. The standard InChI is InChI=1S/C32H34N8O2S/c1-22-18-23(2)34-30(33-22)37-31(38-32(43)36-27-11-9-26(10-12-27)35-25-6-4-3-5-7-25)40-16-14-39(15-17-40)20-24-8-13-28-29(19-24)42-21-41-28/h3-13,18-19,35H,14-17,20-21H2,1-2H3,(H2,33,34,36,37,38,43). The molecule has 2 aliphatic heterocycles. The average molecular weight is 595 g/mol. The van der Waals surface area contributed by atoms with Crippen molar-refractivity contribution in [3.63, 3.8) is 0 Å². The van der Waals surface area contributed by atoms with Gasteiger partial charge in [-0.3, -0.25) is 10.2 Å². The van der Waals surface area contributed by atoms with Gasteiger partial charge in [-0.1, -0.05) is 24.3 Å². The van der Waals surface area contributed by atoms with E-state index in [0.29, 0.717) is 17.0 Å². The van der Waals surface area contributed by atoms with Gasteiger partial charge in [-0.15, -0.1) is 0 Å². The van der Waals surface area contributed by atoms with Gasteiger partial charge in [0.15, 0.2) is 11.5 Å². The molecule has 43 heavy (non-hydrogen) atoms. The molecular weight excluding hydrogens is 560 g/mol. The number of nitrogens with one attached hydrogen (secondary N) is 3. The highest BCUT2D eigenvalue weighted by Gasteiger charge is 2.22. The Kier molecular flexibility index (Phi) is 8.62. The van der Waals surface area contributed by atoms with E-state index in [0.717, 1.165) is 72.7 Å². The maximum absolute atomic E-state index is 5.68. The van der Waals surface area contributed by atoms with Crippen LogP contribution in [0.15, 0.2) is 83.9 Å². The molecule has 0 unspecified atom stereocenters. The summed E-state index contributed by atoms with van der Waals surface area (Å²) in [7, 11) is 0. The Morgan fingerprint density at radius 3 is 2.21 bits per heavy atom. The van der Waals surface area contributed by atoms with E-state index in [9.17, 15) is 0 Å². The summed E-state index contributed by atoms with van der Waals surface area (Å²) in [5.74, 6) is 2.73. The summed E-state index contributed by atoms with van der Waals surface area (Å²) in [6, 6.07) is 26.1. The molecule has 0 atom stereocenters.